The molecule has 0 bridgehead atoms. The van der Waals surface area contributed by atoms with Crippen LogP contribution < -0.4 is 5.32 Å². The molecule has 0 aliphatic heterocycles. The van der Waals surface area contributed by atoms with Gasteiger partial charge in [0.25, 0.3) is 5.91 Å². The number of carbonyl (C=O) groups excluding carboxylic acids is 1. The van der Waals surface area contributed by atoms with Crippen molar-refractivity contribution in [2.24, 2.45) is 0 Å². The highest BCUT2D eigenvalue weighted by atomic mass is 16.3. The largest absolute Gasteiger partial charge is 0.506 e. The first-order chi connectivity index (χ1) is 14.2. The number of aryl methyl sites for hydroxylation is 6. The van der Waals surface area contributed by atoms with Crippen LogP contribution in [0.25, 0.3) is 11.3 Å². The Morgan fingerprint density at radius 1 is 0.700 bits per heavy atom. The van der Waals surface area contributed by atoms with Crippen LogP contribution >= 0.6 is 0 Å². The zero-order valence-corrected chi connectivity index (χ0v) is 18.6. The van der Waals surface area contributed by atoms with Crippen LogP contribution in [0.15, 0.2) is 54.6 Å². The Bertz CT molecular complexity index is 1090. The molecule has 0 aliphatic rings. The van der Waals surface area contributed by atoms with Crippen LogP contribution in [0.2, 0.25) is 0 Å². The highest BCUT2D eigenvalue weighted by Gasteiger charge is 2.24. The van der Waals surface area contributed by atoms with Crippen LogP contribution in [0.1, 0.15) is 44.5 Å². The lowest BCUT2D eigenvalue weighted by atomic mass is 9.88. The number of para-hydroxylation sites is 1. The molecule has 0 unspecified atom stereocenters. The van der Waals surface area contributed by atoms with Gasteiger partial charge >= 0.3 is 0 Å². The molecule has 1 amide bonds. The third-order valence-electron chi connectivity index (χ3n) is 5.34. The van der Waals surface area contributed by atoms with Crippen molar-refractivity contribution in [1.82, 2.24) is 0 Å². The van der Waals surface area contributed by atoms with Crippen molar-refractivity contribution in [3.63, 3.8) is 0 Å². The molecule has 3 aromatic carbocycles. The second-order valence-electron chi connectivity index (χ2n) is 8.09. The Balaban J connectivity index is 2.28. The van der Waals surface area contributed by atoms with Gasteiger partial charge in [0.1, 0.15) is 5.76 Å². The van der Waals surface area contributed by atoms with Gasteiger partial charge in [0.05, 0.1) is 5.57 Å². The lowest BCUT2D eigenvalue weighted by Crippen LogP contribution is -2.17. The van der Waals surface area contributed by atoms with E-state index in [1.807, 2.05) is 96.1 Å². The summed E-state index contributed by atoms with van der Waals surface area (Å²) in [5.41, 5.74) is 8.51. The van der Waals surface area contributed by atoms with Crippen LogP contribution in [0, 0.1) is 41.5 Å². The van der Waals surface area contributed by atoms with Crippen LogP contribution in [-0.4, -0.2) is 11.0 Å². The number of amides is 1. The van der Waals surface area contributed by atoms with Crippen molar-refractivity contribution in [3.05, 3.63) is 99.1 Å². The lowest BCUT2D eigenvalue weighted by molar-refractivity contribution is -0.111. The van der Waals surface area contributed by atoms with Crippen molar-refractivity contribution >= 4 is 22.9 Å². The Morgan fingerprint density at radius 3 is 1.60 bits per heavy atom. The fourth-order valence-corrected chi connectivity index (χ4v) is 4.31. The minimum Gasteiger partial charge on any atom is -0.506 e. The van der Waals surface area contributed by atoms with E-state index in [2.05, 4.69) is 5.32 Å². The number of hydrogen-bond acceptors (Lipinski definition) is 2. The fourth-order valence-electron chi connectivity index (χ4n) is 4.31. The maximum Gasteiger partial charge on any atom is 0.260 e. The second kappa shape index (κ2) is 8.58. The molecule has 154 valence electrons. The zero-order chi connectivity index (χ0) is 22.0. The Morgan fingerprint density at radius 2 is 1.13 bits per heavy atom. The summed E-state index contributed by atoms with van der Waals surface area (Å²) in [6.45, 7) is 12.0. The minimum atomic E-state index is -0.326. The summed E-state index contributed by atoms with van der Waals surface area (Å²) in [6, 6.07) is 17.5. The molecule has 0 atom stereocenters. The molecule has 3 rings (SSSR count). The Kier molecular flexibility index (Phi) is 6.12. The second-order valence-corrected chi connectivity index (χ2v) is 8.09. The molecule has 30 heavy (non-hydrogen) atoms. The normalized spacial score (nSPS) is 11.8. The van der Waals surface area contributed by atoms with Gasteiger partial charge in [0.2, 0.25) is 0 Å². The molecule has 3 heteroatoms. The number of benzene rings is 3. The van der Waals surface area contributed by atoms with E-state index in [1.165, 1.54) is 0 Å². The molecule has 2 N–H and O–H groups in total. The van der Waals surface area contributed by atoms with Crippen molar-refractivity contribution in [3.8, 4) is 0 Å². The van der Waals surface area contributed by atoms with E-state index >= 15 is 0 Å². The topological polar surface area (TPSA) is 49.3 Å². The van der Waals surface area contributed by atoms with E-state index in [0.717, 1.165) is 38.9 Å². The van der Waals surface area contributed by atoms with Crippen LogP contribution in [-0.2, 0) is 4.79 Å². The molecule has 3 nitrogen and oxygen atoms in total. The summed E-state index contributed by atoms with van der Waals surface area (Å²) in [5, 5.41) is 14.4. The zero-order valence-electron chi connectivity index (χ0n) is 18.6. The van der Waals surface area contributed by atoms with Gasteiger partial charge in [-0.15, -0.1) is 0 Å². The van der Waals surface area contributed by atoms with Crippen molar-refractivity contribution in [1.29, 1.82) is 0 Å². The molecule has 0 aromatic heterocycles. The van der Waals surface area contributed by atoms with Gasteiger partial charge in [0.15, 0.2) is 0 Å². The summed E-state index contributed by atoms with van der Waals surface area (Å²) in [4.78, 5) is 13.5. The summed E-state index contributed by atoms with van der Waals surface area (Å²) in [6.07, 6.45) is 0. The van der Waals surface area contributed by atoms with E-state index < -0.39 is 0 Å². The monoisotopic (exact) mass is 399 g/mol. The average molecular weight is 400 g/mol. The fraction of sp³-hybridized carbons (Fsp3) is 0.222. The number of rotatable bonds is 4. The minimum absolute atomic E-state index is 0.00786. The van der Waals surface area contributed by atoms with Crippen molar-refractivity contribution in [2.75, 3.05) is 5.32 Å². The number of carbonyl (C=O) groups is 1. The maximum absolute atomic E-state index is 13.5. The number of nitrogens with one attached hydrogen (secondary N) is 1. The van der Waals surface area contributed by atoms with E-state index in [9.17, 15) is 9.90 Å². The van der Waals surface area contributed by atoms with Gasteiger partial charge in [-0.3, -0.25) is 4.79 Å². The number of aliphatic hydroxyl groups is 1. The molecule has 0 radical (unpaired) electrons. The number of aliphatic hydroxyl groups excluding tert-OH is 1. The molecule has 0 heterocycles. The van der Waals surface area contributed by atoms with Crippen LogP contribution in [0.4, 0.5) is 5.69 Å². The quantitative estimate of drug-likeness (QED) is 0.295. The molecular weight excluding hydrogens is 370 g/mol. The highest BCUT2D eigenvalue weighted by Crippen LogP contribution is 2.34. The maximum atomic E-state index is 13.5. The van der Waals surface area contributed by atoms with Crippen LogP contribution in [0.5, 0.6) is 0 Å². The molecule has 0 saturated carbocycles. The highest BCUT2D eigenvalue weighted by molar-refractivity contribution is 6.31. The SMILES string of the molecule is Cc1cc(C)c(/C(O)=C(/C(=O)Nc2ccccc2)c2c(C)cc(C)cc2C)c(C)c1. The van der Waals surface area contributed by atoms with Gasteiger partial charge in [-0.1, -0.05) is 53.6 Å². The third-order valence-corrected chi connectivity index (χ3v) is 5.34. The van der Waals surface area contributed by atoms with Gasteiger partial charge in [-0.25, -0.2) is 0 Å². The summed E-state index contributed by atoms with van der Waals surface area (Å²) in [5.74, 6) is -0.318. The van der Waals surface area contributed by atoms with E-state index in [-0.39, 0.29) is 11.7 Å². The predicted molar refractivity (Wildman–Crippen MR) is 126 cm³/mol. The van der Waals surface area contributed by atoms with E-state index in [1.54, 1.807) is 0 Å². The molecule has 0 saturated heterocycles. The smallest absolute Gasteiger partial charge is 0.260 e. The predicted octanol–water partition coefficient (Wildman–Crippen LogP) is 6.60. The average Bonchev–Trinajstić information content (AvgIpc) is 2.64. The molecule has 0 aliphatic carbocycles. The summed E-state index contributed by atoms with van der Waals surface area (Å²) < 4.78 is 0. The van der Waals surface area contributed by atoms with Crippen molar-refractivity contribution < 1.29 is 9.90 Å². The first-order valence-corrected chi connectivity index (χ1v) is 10.1. The summed E-state index contributed by atoms with van der Waals surface area (Å²) in [7, 11) is 0. The Hall–Kier alpha value is -3.33. The molecule has 3 aromatic rings. The summed E-state index contributed by atoms with van der Waals surface area (Å²) >= 11 is 0. The van der Waals surface area contributed by atoms with Gasteiger partial charge < -0.3 is 10.4 Å². The standard InChI is InChI=1S/C27H29NO2/c1-16-12-18(3)23(19(4)13-16)25(27(30)28-22-10-8-7-9-11-22)26(29)24-20(5)14-17(2)15-21(24)6/h7-15,29H,1-6H3,(H,28,30)/b26-25-. The van der Waals surface area contributed by atoms with E-state index in [4.69, 9.17) is 0 Å². The van der Waals surface area contributed by atoms with Gasteiger partial charge in [-0.2, -0.15) is 0 Å². The molecular formula is C27H29NO2. The van der Waals surface area contributed by atoms with Crippen LogP contribution in [0.3, 0.4) is 0 Å². The third kappa shape index (κ3) is 4.30. The first kappa shape index (κ1) is 21.4. The van der Waals surface area contributed by atoms with Gasteiger partial charge in [0, 0.05) is 11.3 Å². The van der Waals surface area contributed by atoms with Crippen molar-refractivity contribution in [2.45, 2.75) is 41.5 Å². The van der Waals surface area contributed by atoms with E-state index in [0.29, 0.717) is 16.8 Å². The first-order valence-electron chi connectivity index (χ1n) is 10.1. The molecule has 0 spiro atoms. The van der Waals surface area contributed by atoms with Gasteiger partial charge in [-0.05, 0) is 81.5 Å². The molecule has 0 fully saturated rings. The number of hydrogen-bond donors (Lipinski definition) is 2. The lowest BCUT2D eigenvalue weighted by Gasteiger charge is -2.19. The number of anilines is 1. The Labute approximate surface area is 179 Å².